The van der Waals surface area contributed by atoms with E-state index in [2.05, 4.69) is 0 Å². The minimum atomic E-state index is -0.0589. The summed E-state index contributed by atoms with van der Waals surface area (Å²) in [6.45, 7) is 0. The van der Waals surface area contributed by atoms with Gasteiger partial charge in [-0.05, 0) is 25.7 Å². The average molecular weight is 164 g/mol. The molecule has 0 aromatic carbocycles. The van der Waals surface area contributed by atoms with Crippen LogP contribution in [-0.4, -0.2) is 34.9 Å². The van der Waals surface area contributed by atoms with E-state index in [1.54, 1.807) is 7.11 Å². The van der Waals surface area contributed by atoms with Crippen molar-refractivity contribution in [2.45, 2.75) is 37.9 Å². The van der Waals surface area contributed by atoms with Crippen molar-refractivity contribution in [3.63, 3.8) is 0 Å². The van der Waals surface area contributed by atoms with E-state index >= 15 is 0 Å². The van der Waals surface area contributed by atoms with Crippen molar-refractivity contribution >= 4 is 0 Å². The fraction of sp³-hybridized carbons (Fsp3) is 1.00. The summed E-state index contributed by atoms with van der Waals surface area (Å²) >= 11 is 0. The van der Waals surface area contributed by atoms with Gasteiger partial charge >= 0.3 is 0 Å². The zero-order chi connectivity index (χ0) is 8.69. The zero-order valence-electron chi connectivity index (χ0n) is 6.73. The molecule has 0 amide bonds. The van der Waals surface area contributed by atoms with Crippen molar-refractivity contribution in [3.05, 3.63) is 0 Å². The van der Waals surface area contributed by atoms with Crippen molar-refractivity contribution in [3.8, 4) is 0 Å². The quantitative estimate of drug-likeness (QED) is 0.398. The van der Waals surface area contributed by atoms with Gasteiger partial charge in [0.15, 0.2) is 0 Å². The Hall–Kier alpha value is -0.160. The Morgan fingerprint density at radius 2 is 1.55 bits per heavy atom. The van der Waals surface area contributed by atoms with Crippen LogP contribution in [0, 0.1) is 0 Å². The van der Waals surface area contributed by atoms with Crippen molar-refractivity contribution in [2.24, 2.45) is 0 Å². The first-order valence-electron chi connectivity index (χ1n) is 3.74. The molecule has 1 aliphatic rings. The molecule has 0 bridgehead atoms. The molecule has 0 spiro atoms. The molecule has 3 N–H and O–H groups in total. The Morgan fingerprint density at radius 1 is 1.09 bits per heavy atom. The maximum Gasteiger partial charge on any atom is 0.0573 e. The summed E-state index contributed by atoms with van der Waals surface area (Å²) in [6, 6.07) is 0. The predicted octanol–water partition coefficient (Wildman–Crippen LogP) is 0.954. The number of methoxy groups -OCH3 is 1. The summed E-state index contributed by atoms with van der Waals surface area (Å²) in [5, 5.41) is 21.1. The molecule has 68 valence electrons. The van der Waals surface area contributed by atoms with Crippen LogP contribution in [0.3, 0.4) is 0 Å². The predicted molar refractivity (Wildman–Crippen MR) is 40.5 cm³/mol. The van der Waals surface area contributed by atoms with Gasteiger partial charge in [-0.15, -0.1) is 0 Å². The Bertz CT molecular complexity index is 78.5. The van der Waals surface area contributed by atoms with Crippen LogP contribution in [0.25, 0.3) is 0 Å². The number of hydrogen-bond donors (Lipinski definition) is 3. The van der Waals surface area contributed by atoms with Gasteiger partial charge in [-0.3, -0.25) is 10.5 Å². The highest BCUT2D eigenvalue weighted by Gasteiger charge is 2.17. The van der Waals surface area contributed by atoms with E-state index in [1.165, 1.54) is 0 Å². The van der Waals surface area contributed by atoms with Crippen LogP contribution in [0.2, 0.25) is 0 Å². The molecule has 11 heavy (non-hydrogen) atoms. The number of rotatable bonds is 1. The highest BCUT2D eigenvalue weighted by atomic mass is 17.0. The van der Waals surface area contributed by atoms with E-state index in [0.717, 1.165) is 25.7 Å². The van der Waals surface area contributed by atoms with Gasteiger partial charge in [0.05, 0.1) is 12.2 Å². The molecule has 1 aliphatic carbocycles. The van der Waals surface area contributed by atoms with Crippen molar-refractivity contribution < 1.29 is 20.4 Å². The maximum atomic E-state index is 9.07. The normalized spacial score (nSPS) is 30.5. The molecule has 0 heterocycles. The van der Waals surface area contributed by atoms with E-state index in [1.807, 2.05) is 0 Å². The highest BCUT2D eigenvalue weighted by Crippen LogP contribution is 2.19. The van der Waals surface area contributed by atoms with Crippen LogP contribution >= 0.6 is 0 Å². The molecule has 0 radical (unpaired) electrons. The second-order valence-electron chi connectivity index (χ2n) is 2.67. The van der Waals surface area contributed by atoms with Crippen LogP contribution in [0.1, 0.15) is 25.7 Å². The minimum absolute atomic E-state index is 0.0589. The lowest BCUT2D eigenvalue weighted by molar-refractivity contribution is -0.176. The fourth-order valence-electron chi connectivity index (χ4n) is 1.28. The van der Waals surface area contributed by atoms with Gasteiger partial charge in [0.2, 0.25) is 0 Å². The fourth-order valence-corrected chi connectivity index (χ4v) is 1.28. The van der Waals surface area contributed by atoms with Crippen molar-refractivity contribution in [1.29, 1.82) is 0 Å². The molecule has 0 aromatic heterocycles. The third-order valence-electron chi connectivity index (χ3n) is 1.98. The molecule has 0 saturated heterocycles. The molecule has 0 unspecified atom stereocenters. The number of aliphatic hydroxyl groups excluding tert-OH is 1. The van der Waals surface area contributed by atoms with Crippen LogP contribution in [-0.2, 0) is 4.74 Å². The smallest absolute Gasteiger partial charge is 0.0573 e. The van der Waals surface area contributed by atoms with Crippen LogP contribution < -0.4 is 0 Å². The first-order chi connectivity index (χ1) is 5.33. The molecular formula is C7H16O4. The lowest BCUT2D eigenvalue weighted by atomic mass is 9.95. The van der Waals surface area contributed by atoms with E-state index in [0.29, 0.717) is 6.10 Å². The van der Waals surface area contributed by atoms with Gasteiger partial charge in [0.25, 0.3) is 0 Å². The number of aliphatic hydroxyl groups is 1. The van der Waals surface area contributed by atoms with Gasteiger partial charge in [0, 0.05) is 7.11 Å². The topological polar surface area (TPSA) is 69.9 Å². The van der Waals surface area contributed by atoms with E-state index < -0.39 is 0 Å². The third kappa shape index (κ3) is 4.31. The third-order valence-corrected chi connectivity index (χ3v) is 1.98. The van der Waals surface area contributed by atoms with Gasteiger partial charge in [-0.1, -0.05) is 0 Å². The molecule has 0 atom stereocenters. The Morgan fingerprint density at radius 3 is 1.91 bits per heavy atom. The summed E-state index contributed by atoms with van der Waals surface area (Å²) in [7, 11) is 1.74. The summed E-state index contributed by atoms with van der Waals surface area (Å²) in [5.41, 5.74) is 0. The summed E-state index contributed by atoms with van der Waals surface area (Å²) in [6.07, 6.45) is 4.23. The lowest BCUT2D eigenvalue weighted by Crippen LogP contribution is -2.22. The van der Waals surface area contributed by atoms with Gasteiger partial charge < -0.3 is 9.84 Å². The number of hydrogen-bond acceptors (Lipinski definition) is 4. The van der Waals surface area contributed by atoms with Gasteiger partial charge in [-0.2, -0.15) is 0 Å². The molecule has 0 aromatic rings. The molecule has 1 saturated carbocycles. The number of ether oxygens (including phenoxy) is 1. The minimum Gasteiger partial charge on any atom is -0.393 e. The van der Waals surface area contributed by atoms with E-state index in [9.17, 15) is 0 Å². The molecule has 4 heteroatoms. The Balaban J connectivity index is 0.000000461. The second kappa shape index (κ2) is 6.54. The SMILES string of the molecule is COC1CCC(O)CC1.OO. The van der Waals surface area contributed by atoms with E-state index in [4.69, 9.17) is 20.4 Å². The second-order valence-corrected chi connectivity index (χ2v) is 2.67. The van der Waals surface area contributed by atoms with Crippen LogP contribution in [0.4, 0.5) is 0 Å². The molecule has 1 fully saturated rings. The highest BCUT2D eigenvalue weighted by molar-refractivity contribution is 4.70. The molecule has 4 nitrogen and oxygen atoms in total. The lowest BCUT2D eigenvalue weighted by Gasteiger charge is -2.23. The zero-order valence-corrected chi connectivity index (χ0v) is 6.73. The van der Waals surface area contributed by atoms with Crippen molar-refractivity contribution in [2.75, 3.05) is 7.11 Å². The molecule has 1 rings (SSSR count). The molecular weight excluding hydrogens is 148 g/mol. The summed E-state index contributed by atoms with van der Waals surface area (Å²) < 4.78 is 5.13. The first kappa shape index (κ1) is 10.8. The van der Waals surface area contributed by atoms with Crippen LogP contribution in [0.15, 0.2) is 0 Å². The largest absolute Gasteiger partial charge is 0.393 e. The van der Waals surface area contributed by atoms with Gasteiger partial charge in [-0.25, -0.2) is 0 Å². The Labute approximate surface area is 66.4 Å². The monoisotopic (exact) mass is 164 g/mol. The average Bonchev–Trinajstić information content (AvgIpc) is 2.10. The first-order valence-corrected chi connectivity index (χ1v) is 3.74. The maximum absolute atomic E-state index is 9.07. The summed E-state index contributed by atoms with van der Waals surface area (Å²) in [5.74, 6) is 0. The standard InChI is InChI=1S/C7H14O2.H2O2/c1-9-7-4-2-6(8)3-5-7;1-2/h6-8H,2-5H2,1H3;1-2H. The van der Waals surface area contributed by atoms with E-state index in [-0.39, 0.29) is 6.10 Å². The Kier molecular flexibility index (Phi) is 6.45. The van der Waals surface area contributed by atoms with Crippen molar-refractivity contribution in [1.82, 2.24) is 0 Å². The summed E-state index contributed by atoms with van der Waals surface area (Å²) in [4.78, 5) is 0. The van der Waals surface area contributed by atoms with Gasteiger partial charge in [0.1, 0.15) is 0 Å². The van der Waals surface area contributed by atoms with Crippen LogP contribution in [0.5, 0.6) is 0 Å². The molecule has 0 aliphatic heterocycles.